The fraction of sp³-hybridized carbons (Fsp3) is 0.824. The average molecular weight is 336 g/mol. The Kier molecular flexibility index (Phi) is 4.80. The van der Waals surface area contributed by atoms with E-state index >= 15 is 0 Å². The molecule has 1 spiro atoms. The Hall–Kier alpha value is -1.63. The first-order valence-corrected chi connectivity index (χ1v) is 9.08. The molecule has 7 nitrogen and oxygen atoms in total. The topological polar surface area (TPSA) is 81.8 Å². The Balaban J connectivity index is 1.70. The monoisotopic (exact) mass is 336 g/mol. The first-order valence-electron chi connectivity index (χ1n) is 9.08. The van der Waals surface area contributed by atoms with Crippen molar-refractivity contribution in [2.45, 2.75) is 57.0 Å². The predicted molar refractivity (Wildman–Crippen MR) is 89.3 cm³/mol. The van der Waals surface area contributed by atoms with Crippen molar-refractivity contribution in [3.8, 4) is 0 Å². The summed E-state index contributed by atoms with van der Waals surface area (Å²) in [6.45, 7) is 3.33. The van der Waals surface area contributed by atoms with Crippen LogP contribution in [0.25, 0.3) is 0 Å². The highest BCUT2D eigenvalue weighted by Gasteiger charge is 2.55. The second-order valence-electron chi connectivity index (χ2n) is 7.38. The van der Waals surface area contributed by atoms with Crippen molar-refractivity contribution < 1.29 is 14.4 Å². The van der Waals surface area contributed by atoms with Crippen LogP contribution in [-0.4, -0.2) is 65.9 Å². The summed E-state index contributed by atoms with van der Waals surface area (Å²) >= 11 is 0. The van der Waals surface area contributed by atoms with Crippen molar-refractivity contribution in [1.29, 1.82) is 0 Å². The summed E-state index contributed by atoms with van der Waals surface area (Å²) in [5.41, 5.74) is -0.787. The van der Waals surface area contributed by atoms with E-state index in [9.17, 15) is 14.4 Å². The van der Waals surface area contributed by atoms with Crippen molar-refractivity contribution >= 4 is 17.8 Å². The highest BCUT2D eigenvalue weighted by atomic mass is 16.2. The SMILES string of the molecule is CNCC1CCCN1C(=O)CN1C(=O)NC2(CCCCC2C)C1=O. The Labute approximate surface area is 143 Å². The largest absolute Gasteiger partial charge is 0.337 e. The van der Waals surface area contributed by atoms with Crippen LogP contribution in [0.5, 0.6) is 0 Å². The molecule has 0 aromatic rings. The van der Waals surface area contributed by atoms with Gasteiger partial charge in [0.05, 0.1) is 0 Å². The molecule has 2 saturated heterocycles. The van der Waals surface area contributed by atoms with E-state index in [2.05, 4.69) is 10.6 Å². The van der Waals surface area contributed by atoms with Gasteiger partial charge in [-0.25, -0.2) is 4.79 Å². The second kappa shape index (κ2) is 6.70. The number of imide groups is 1. The molecule has 1 aliphatic carbocycles. The zero-order valence-electron chi connectivity index (χ0n) is 14.6. The molecule has 2 aliphatic heterocycles. The minimum Gasteiger partial charge on any atom is -0.337 e. The zero-order chi connectivity index (χ0) is 17.3. The fourth-order valence-corrected chi connectivity index (χ4v) is 4.48. The Morgan fingerprint density at radius 3 is 2.79 bits per heavy atom. The summed E-state index contributed by atoms with van der Waals surface area (Å²) in [5, 5.41) is 6.01. The van der Waals surface area contributed by atoms with Gasteiger partial charge in [-0.05, 0) is 38.6 Å². The number of rotatable bonds is 4. The molecule has 3 rings (SSSR count). The molecule has 0 radical (unpaired) electrons. The lowest BCUT2D eigenvalue weighted by Gasteiger charge is -2.36. The smallest absolute Gasteiger partial charge is 0.325 e. The molecular formula is C17H28N4O3. The first-order chi connectivity index (χ1) is 11.5. The van der Waals surface area contributed by atoms with Gasteiger partial charge in [0.1, 0.15) is 12.1 Å². The number of nitrogens with zero attached hydrogens (tertiary/aromatic N) is 2. The van der Waals surface area contributed by atoms with E-state index in [1.54, 1.807) is 0 Å². The van der Waals surface area contributed by atoms with Gasteiger partial charge >= 0.3 is 6.03 Å². The standard InChI is InChI=1S/C17H28N4O3/c1-12-6-3-4-8-17(12)15(23)21(16(24)19-17)11-14(22)20-9-5-7-13(20)10-18-2/h12-13,18H,3-11H2,1-2H3,(H,19,24). The van der Waals surface area contributed by atoms with E-state index in [0.29, 0.717) is 13.0 Å². The number of carbonyl (C=O) groups is 3. The van der Waals surface area contributed by atoms with Crippen LogP contribution in [0, 0.1) is 5.92 Å². The molecule has 0 aromatic heterocycles. The highest BCUT2D eigenvalue weighted by Crippen LogP contribution is 2.38. The van der Waals surface area contributed by atoms with Crippen molar-refractivity contribution in [3.05, 3.63) is 0 Å². The van der Waals surface area contributed by atoms with Gasteiger partial charge in [-0.2, -0.15) is 0 Å². The molecule has 3 atom stereocenters. The van der Waals surface area contributed by atoms with Gasteiger partial charge in [-0.3, -0.25) is 14.5 Å². The van der Waals surface area contributed by atoms with Crippen LogP contribution in [0.1, 0.15) is 45.4 Å². The summed E-state index contributed by atoms with van der Waals surface area (Å²) in [6.07, 6.45) is 5.57. The number of carbonyl (C=O) groups excluding carboxylic acids is 3. The molecule has 2 N–H and O–H groups in total. The number of likely N-dealkylation sites (N-methyl/N-ethyl adjacent to an activating group) is 1. The van der Waals surface area contributed by atoms with Crippen LogP contribution >= 0.6 is 0 Å². The summed E-state index contributed by atoms with van der Waals surface area (Å²) < 4.78 is 0. The van der Waals surface area contributed by atoms with Crippen LogP contribution in [0.15, 0.2) is 0 Å². The van der Waals surface area contributed by atoms with Gasteiger partial charge in [0.25, 0.3) is 5.91 Å². The van der Waals surface area contributed by atoms with E-state index in [1.807, 2.05) is 18.9 Å². The Morgan fingerprint density at radius 2 is 2.08 bits per heavy atom. The fourth-order valence-electron chi connectivity index (χ4n) is 4.48. The van der Waals surface area contributed by atoms with Gasteiger partial charge < -0.3 is 15.5 Å². The van der Waals surface area contributed by atoms with Gasteiger partial charge in [-0.15, -0.1) is 0 Å². The van der Waals surface area contributed by atoms with Gasteiger partial charge in [0.15, 0.2) is 0 Å². The molecule has 7 heteroatoms. The molecule has 24 heavy (non-hydrogen) atoms. The van der Waals surface area contributed by atoms with Crippen molar-refractivity contribution in [3.63, 3.8) is 0 Å². The number of hydrogen-bond acceptors (Lipinski definition) is 4. The third-order valence-electron chi connectivity index (χ3n) is 5.93. The van der Waals surface area contributed by atoms with Crippen LogP contribution in [-0.2, 0) is 9.59 Å². The molecule has 0 aromatic carbocycles. The normalized spacial score (nSPS) is 33.4. The van der Waals surface area contributed by atoms with Gasteiger partial charge in [0.2, 0.25) is 5.91 Å². The number of amides is 4. The van der Waals surface area contributed by atoms with Gasteiger partial charge in [-0.1, -0.05) is 19.8 Å². The molecule has 3 fully saturated rings. The Morgan fingerprint density at radius 1 is 1.29 bits per heavy atom. The van der Waals surface area contributed by atoms with Gasteiger partial charge in [0, 0.05) is 19.1 Å². The van der Waals surface area contributed by atoms with Crippen LogP contribution in [0.2, 0.25) is 0 Å². The highest BCUT2D eigenvalue weighted by molar-refractivity contribution is 6.09. The van der Waals surface area contributed by atoms with E-state index in [0.717, 1.165) is 43.5 Å². The van der Waals surface area contributed by atoms with Crippen LogP contribution in [0.3, 0.4) is 0 Å². The number of likely N-dealkylation sites (tertiary alicyclic amines) is 1. The average Bonchev–Trinajstić information content (AvgIpc) is 3.10. The minimum atomic E-state index is -0.787. The second-order valence-corrected chi connectivity index (χ2v) is 7.38. The number of hydrogen-bond donors (Lipinski definition) is 2. The minimum absolute atomic E-state index is 0.117. The molecule has 2 heterocycles. The predicted octanol–water partition coefficient (Wildman–Crippen LogP) is 0.698. The lowest BCUT2D eigenvalue weighted by Crippen LogP contribution is -2.54. The first kappa shape index (κ1) is 17.2. The summed E-state index contributed by atoms with van der Waals surface area (Å²) in [6, 6.07) is -0.253. The molecule has 3 unspecified atom stereocenters. The van der Waals surface area contributed by atoms with Crippen molar-refractivity contribution in [2.75, 3.05) is 26.7 Å². The van der Waals surface area contributed by atoms with Crippen LogP contribution in [0.4, 0.5) is 4.79 Å². The summed E-state index contributed by atoms with van der Waals surface area (Å²) in [7, 11) is 1.87. The quantitative estimate of drug-likeness (QED) is 0.741. The van der Waals surface area contributed by atoms with E-state index in [4.69, 9.17) is 0 Å². The maximum Gasteiger partial charge on any atom is 0.325 e. The summed E-state index contributed by atoms with van der Waals surface area (Å²) in [4.78, 5) is 40.9. The third-order valence-corrected chi connectivity index (χ3v) is 5.93. The summed E-state index contributed by atoms with van der Waals surface area (Å²) in [5.74, 6) is -0.221. The lowest BCUT2D eigenvalue weighted by atomic mass is 9.73. The maximum absolute atomic E-state index is 12.9. The Bertz CT molecular complexity index is 538. The van der Waals surface area contributed by atoms with Crippen LogP contribution < -0.4 is 10.6 Å². The molecule has 0 bridgehead atoms. The molecule has 1 saturated carbocycles. The van der Waals surface area contributed by atoms with Crippen molar-refractivity contribution in [2.24, 2.45) is 5.92 Å². The third kappa shape index (κ3) is 2.79. The van der Waals surface area contributed by atoms with Crippen molar-refractivity contribution in [1.82, 2.24) is 20.4 Å². The maximum atomic E-state index is 12.9. The van der Waals surface area contributed by atoms with E-state index in [1.165, 1.54) is 0 Å². The van der Waals surface area contributed by atoms with E-state index in [-0.39, 0.29) is 30.3 Å². The number of urea groups is 1. The zero-order valence-corrected chi connectivity index (χ0v) is 14.6. The molecular weight excluding hydrogens is 308 g/mol. The van der Waals surface area contributed by atoms with E-state index < -0.39 is 11.6 Å². The molecule has 134 valence electrons. The number of nitrogens with one attached hydrogen (secondary N) is 2. The molecule has 3 aliphatic rings. The molecule has 4 amide bonds. The lowest BCUT2D eigenvalue weighted by molar-refractivity contribution is -0.141.